The number of hydrogen-bond acceptors (Lipinski definition) is 3. The topological polar surface area (TPSA) is 49.7 Å². The lowest BCUT2D eigenvalue weighted by atomic mass is 10.0. The fourth-order valence-electron chi connectivity index (χ4n) is 3.58. The summed E-state index contributed by atoms with van der Waals surface area (Å²) in [6.07, 6.45) is 3.63. The van der Waals surface area contributed by atoms with E-state index in [9.17, 15) is 10.2 Å². The van der Waals surface area contributed by atoms with Crippen molar-refractivity contribution in [3.05, 3.63) is 119 Å². The molecule has 156 valence electrons. The number of benzene rings is 4. The molecular formula is C28H26O3. The fraction of sp³-hybridized carbons (Fsp3) is 0.143. The van der Waals surface area contributed by atoms with E-state index in [-0.39, 0.29) is 0 Å². The Morgan fingerprint density at radius 2 is 1.00 bits per heavy atom. The maximum atomic E-state index is 9.61. The van der Waals surface area contributed by atoms with Crippen molar-refractivity contribution in [3.8, 4) is 23.0 Å². The molecule has 0 saturated carbocycles. The Bertz CT molecular complexity index is 1120. The largest absolute Gasteiger partial charge is 0.508 e. The first-order chi connectivity index (χ1) is 15.1. The normalized spacial score (nSPS) is 10.7. The van der Waals surface area contributed by atoms with Gasteiger partial charge in [0.25, 0.3) is 0 Å². The van der Waals surface area contributed by atoms with Crippen LogP contribution in [0.1, 0.15) is 22.3 Å². The van der Waals surface area contributed by atoms with E-state index in [4.69, 9.17) is 4.74 Å². The molecular weight excluding hydrogens is 384 g/mol. The van der Waals surface area contributed by atoms with E-state index in [1.807, 2.05) is 54.6 Å². The van der Waals surface area contributed by atoms with Crippen LogP contribution in [0.4, 0.5) is 0 Å². The van der Waals surface area contributed by atoms with Gasteiger partial charge < -0.3 is 14.9 Å². The molecule has 0 radical (unpaired) electrons. The number of hydrogen-bond donors (Lipinski definition) is 2. The third-order valence-electron chi connectivity index (χ3n) is 5.31. The number of aromatic hydroxyl groups is 2. The maximum absolute atomic E-state index is 9.61. The Morgan fingerprint density at radius 1 is 0.452 bits per heavy atom. The van der Waals surface area contributed by atoms with E-state index >= 15 is 0 Å². The number of phenols is 2. The number of rotatable bonds is 8. The Morgan fingerprint density at radius 3 is 1.65 bits per heavy atom. The van der Waals surface area contributed by atoms with Crippen LogP contribution in [0, 0.1) is 0 Å². The molecule has 0 aliphatic carbocycles. The third-order valence-corrected chi connectivity index (χ3v) is 5.31. The van der Waals surface area contributed by atoms with Gasteiger partial charge in [-0.15, -0.1) is 0 Å². The summed E-state index contributed by atoms with van der Waals surface area (Å²) < 4.78 is 6.05. The van der Waals surface area contributed by atoms with Crippen LogP contribution in [0.2, 0.25) is 0 Å². The molecule has 0 aromatic heterocycles. The van der Waals surface area contributed by atoms with Gasteiger partial charge >= 0.3 is 0 Å². The van der Waals surface area contributed by atoms with Gasteiger partial charge in [-0.2, -0.15) is 0 Å². The molecule has 31 heavy (non-hydrogen) atoms. The predicted molar refractivity (Wildman–Crippen MR) is 124 cm³/mol. The van der Waals surface area contributed by atoms with Crippen LogP contribution in [-0.2, 0) is 25.7 Å². The summed E-state index contributed by atoms with van der Waals surface area (Å²) in [5.74, 6) is 2.25. The highest BCUT2D eigenvalue weighted by Gasteiger charge is 2.03. The third kappa shape index (κ3) is 6.13. The molecule has 2 N–H and O–H groups in total. The lowest BCUT2D eigenvalue weighted by Crippen LogP contribution is -1.93. The smallest absolute Gasteiger partial charge is 0.127 e. The second-order valence-corrected chi connectivity index (χ2v) is 7.73. The lowest BCUT2D eigenvalue weighted by Gasteiger charge is -2.09. The zero-order valence-corrected chi connectivity index (χ0v) is 17.4. The molecule has 4 aromatic carbocycles. The lowest BCUT2D eigenvalue weighted by molar-refractivity contribution is 0.474. The molecule has 3 nitrogen and oxygen atoms in total. The SMILES string of the molecule is Oc1ccc(CCc2ccc(Oc3cccc(CCc4cccc(O)c4)c3)cc2)cc1. The van der Waals surface area contributed by atoms with E-state index in [0.29, 0.717) is 11.5 Å². The highest BCUT2D eigenvalue weighted by molar-refractivity contribution is 5.36. The van der Waals surface area contributed by atoms with Crippen molar-refractivity contribution in [2.75, 3.05) is 0 Å². The Kier molecular flexibility index (Phi) is 6.53. The molecule has 4 rings (SSSR count). The maximum Gasteiger partial charge on any atom is 0.127 e. The van der Waals surface area contributed by atoms with Crippen LogP contribution < -0.4 is 4.74 Å². The van der Waals surface area contributed by atoms with Crippen molar-refractivity contribution in [1.82, 2.24) is 0 Å². The van der Waals surface area contributed by atoms with Gasteiger partial charge in [0.2, 0.25) is 0 Å². The average Bonchev–Trinajstić information content (AvgIpc) is 2.79. The first-order valence-corrected chi connectivity index (χ1v) is 10.6. The molecule has 3 heteroatoms. The van der Waals surface area contributed by atoms with E-state index in [0.717, 1.165) is 42.7 Å². The summed E-state index contributed by atoms with van der Waals surface area (Å²) in [5, 5.41) is 19.0. The van der Waals surface area contributed by atoms with E-state index < -0.39 is 0 Å². The fourth-order valence-corrected chi connectivity index (χ4v) is 3.58. The van der Waals surface area contributed by atoms with E-state index in [1.165, 1.54) is 16.7 Å². The summed E-state index contributed by atoms with van der Waals surface area (Å²) in [5.41, 5.74) is 4.78. The van der Waals surface area contributed by atoms with Crippen LogP contribution in [0.25, 0.3) is 0 Å². The molecule has 0 fully saturated rings. The van der Waals surface area contributed by atoms with Crippen molar-refractivity contribution in [2.24, 2.45) is 0 Å². The highest BCUT2D eigenvalue weighted by Crippen LogP contribution is 2.24. The van der Waals surface area contributed by atoms with Crippen molar-refractivity contribution >= 4 is 0 Å². The molecule has 0 aliphatic rings. The molecule has 0 aliphatic heterocycles. The summed E-state index contributed by atoms with van der Waals surface area (Å²) in [6.45, 7) is 0. The predicted octanol–water partition coefficient (Wildman–Crippen LogP) is 6.46. The average molecular weight is 411 g/mol. The second kappa shape index (κ2) is 9.86. The summed E-state index contributed by atoms with van der Waals surface area (Å²) >= 11 is 0. The van der Waals surface area contributed by atoms with Gasteiger partial charge in [-0.1, -0.05) is 48.5 Å². The minimum Gasteiger partial charge on any atom is -0.508 e. The minimum atomic E-state index is 0.300. The van der Waals surface area contributed by atoms with Crippen molar-refractivity contribution in [1.29, 1.82) is 0 Å². The molecule has 0 spiro atoms. The summed E-state index contributed by atoms with van der Waals surface area (Å²) in [4.78, 5) is 0. The number of phenolic OH excluding ortho intramolecular Hbond substituents is 2. The van der Waals surface area contributed by atoms with Gasteiger partial charge in [-0.25, -0.2) is 0 Å². The molecule has 0 atom stereocenters. The molecule has 0 amide bonds. The minimum absolute atomic E-state index is 0.300. The van der Waals surface area contributed by atoms with Crippen LogP contribution in [0.15, 0.2) is 97.1 Å². The zero-order valence-electron chi connectivity index (χ0n) is 17.4. The molecule has 0 saturated heterocycles. The van der Waals surface area contributed by atoms with Gasteiger partial charge in [-0.05, 0) is 96.5 Å². The van der Waals surface area contributed by atoms with Gasteiger partial charge in [-0.3, -0.25) is 0 Å². The molecule has 0 unspecified atom stereocenters. The monoisotopic (exact) mass is 410 g/mol. The molecule has 0 bridgehead atoms. The first kappa shape index (κ1) is 20.5. The zero-order chi connectivity index (χ0) is 21.5. The van der Waals surface area contributed by atoms with E-state index in [2.05, 4.69) is 24.3 Å². The Hall–Kier alpha value is -3.72. The number of aryl methyl sites for hydroxylation is 4. The quantitative estimate of drug-likeness (QED) is 0.350. The van der Waals surface area contributed by atoms with Crippen molar-refractivity contribution in [3.63, 3.8) is 0 Å². The van der Waals surface area contributed by atoms with E-state index in [1.54, 1.807) is 18.2 Å². The second-order valence-electron chi connectivity index (χ2n) is 7.73. The molecule has 0 heterocycles. The van der Waals surface area contributed by atoms with Gasteiger partial charge in [0.15, 0.2) is 0 Å². The number of ether oxygens (including phenoxy) is 1. The highest BCUT2D eigenvalue weighted by atomic mass is 16.5. The standard InChI is InChI=1S/C28H26O3/c29-25-15-11-21(12-16-25)7-8-22-13-17-27(18-14-22)31-28-6-2-4-24(20-28)10-9-23-3-1-5-26(30)19-23/h1-6,11-20,29-30H,7-10H2. The van der Waals surface area contributed by atoms with Gasteiger partial charge in [0.1, 0.15) is 23.0 Å². The molecule has 4 aromatic rings. The van der Waals surface area contributed by atoms with Crippen LogP contribution >= 0.6 is 0 Å². The van der Waals surface area contributed by atoms with Crippen LogP contribution in [0.3, 0.4) is 0 Å². The van der Waals surface area contributed by atoms with Crippen LogP contribution in [0.5, 0.6) is 23.0 Å². The Labute approximate surface area is 183 Å². The van der Waals surface area contributed by atoms with Crippen molar-refractivity contribution in [2.45, 2.75) is 25.7 Å². The van der Waals surface area contributed by atoms with Crippen LogP contribution in [-0.4, -0.2) is 10.2 Å². The summed E-state index contributed by atoms with van der Waals surface area (Å²) in [7, 11) is 0. The van der Waals surface area contributed by atoms with Crippen molar-refractivity contribution < 1.29 is 14.9 Å². The summed E-state index contributed by atoms with van der Waals surface area (Å²) in [6, 6.07) is 31.1. The van der Waals surface area contributed by atoms with Gasteiger partial charge in [0.05, 0.1) is 0 Å². The first-order valence-electron chi connectivity index (χ1n) is 10.6. The van der Waals surface area contributed by atoms with Gasteiger partial charge in [0, 0.05) is 0 Å². The Balaban J connectivity index is 1.32.